The number of hydrogen-bond acceptors (Lipinski definition) is 5. The number of methoxy groups -OCH3 is 2. The second-order valence-electron chi connectivity index (χ2n) is 7.75. The molecule has 1 aromatic carbocycles. The maximum Gasteiger partial charge on any atom is 0.211 e. The van der Waals surface area contributed by atoms with Gasteiger partial charge in [-0.1, -0.05) is 0 Å². The maximum atomic E-state index is 12.3. The highest BCUT2D eigenvalue weighted by atomic mass is 32.2. The van der Waals surface area contributed by atoms with Crippen LogP contribution >= 0.6 is 0 Å². The van der Waals surface area contributed by atoms with Gasteiger partial charge in [-0.3, -0.25) is 4.90 Å². The molecule has 7 heteroatoms. The zero-order chi connectivity index (χ0) is 18.5. The van der Waals surface area contributed by atoms with Crippen molar-refractivity contribution in [3.63, 3.8) is 0 Å². The van der Waals surface area contributed by atoms with Crippen molar-refractivity contribution in [3.8, 4) is 11.5 Å². The molecule has 1 aromatic rings. The van der Waals surface area contributed by atoms with Crippen LogP contribution < -0.4 is 9.47 Å². The molecule has 26 heavy (non-hydrogen) atoms. The van der Waals surface area contributed by atoms with E-state index in [9.17, 15) is 8.42 Å². The van der Waals surface area contributed by atoms with Gasteiger partial charge < -0.3 is 9.47 Å². The Balaban J connectivity index is 1.70. The molecule has 6 nitrogen and oxygen atoms in total. The Morgan fingerprint density at radius 1 is 1.12 bits per heavy atom. The molecule has 3 aliphatic heterocycles. The van der Waals surface area contributed by atoms with Crippen molar-refractivity contribution in [1.29, 1.82) is 0 Å². The second kappa shape index (κ2) is 6.69. The van der Waals surface area contributed by atoms with E-state index >= 15 is 0 Å². The van der Waals surface area contributed by atoms with E-state index in [1.165, 1.54) is 17.4 Å². The van der Waals surface area contributed by atoms with Crippen LogP contribution in [0.3, 0.4) is 0 Å². The molecule has 2 saturated heterocycles. The summed E-state index contributed by atoms with van der Waals surface area (Å²) in [5.74, 6) is 1.96. The standard InChI is InChI=1S/C19H28N2O4S/c1-24-18-9-13-6-8-20-12-14-5-4-7-21(26(3,22)23)16(14)11-17(20)15(13)10-19(18)25-2/h9-10,14,16-17H,4-8,11-12H2,1-3H3/t14-,16+,17-/m1/s1. The van der Waals surface area contributed by atoms with Crippen LogP contribution in [0.25, 0.3) is 0 Å². The summed E-state index contributed by atoms with van der Waals surface area (Å²) >= 11 is 0. The maximum absolute atomic E-state index is 12.3. The van der Waals surface area contributed by atoms with Crippen molar-refractivity contribution >= 4 is 10.0 Å². The van der Waals surface area contributed by atoms with E-state index in [1.54, 1.807) is 18.5 Å². The van der Waals surface area contributed by atoms with Crippen molar-refractivity contribution < 1.29 is 17.9 Å². The normalized spacial score (nSPS) is 29.4. The Hall–Kier alpha value is -1.31. The van der Waals surface area contributed by atoms with Crippen molar-refractivity contribution in [2.24, 2.45) is 5.92 Å². The molecule has 2 fully saturated rings. The fourth-order valence-corrected chi connectivity index (χ4v) is 6.35. The predicted molar refractivity (Wildman–Crippen MR) is 100 cm³/mol. The summed E-state index contributed by atoms with van der Waals surface area (Å²) in [6.45, 7) is 2.66. The molecule has 0 saturated carbocycles. The van der Waals surface area contributed by atoms with E-state index in [0.29, 0.717) is 12.5 Å². The van der Waals surface area contributed by atoms with Gasteiger partial charge in [0.1, 0.15) is 0 Å². The molecule has 0 aromatic heterocycles. The first-order chi connectivity index (χ1) is 12.4. The molecule has 0 unspecified atom stereocenters. The van der Waals surface area contributed by atoms with Crippen LogP contribution in [-0.2, 0) is 16.4 Å². The molecular weight excluding hydrogens is 352 g/mol. The van der Waals surface area contributed by atoms with Gasteiger partial charge in [0.05, 0.1) is 20.5 Å². The van der Waals surface area contributed by atoms with E-state index in [-0.39, 0.29) is 12.1 Å². The van der Waals surface area contributed by atoms with Crippen LogP contribution in [0.4, 0.5) is 0 Å². The number of piperidine rings is 2. The summed E-state index contributed by atoms with van der Waals surface area (Å²) in [5, 5.41) is 0. The number of hydrogen-bond donors (Lipinski definition) is 0. The Labute approximate surface area is 156 Å². The van der Waals surface area contributed by atoms with E-state index in [4.69, 9.17) is 9.47 Å². The zero-order valence-corrected chi connectivity index (χ0v) is 16.6. The minimum Gasteiger partial charge on any atom is -0.493 e. The first-order valence-electron chi connectivity index (χ1n) is 9.38. The van der Waals surface area contributed by atoms with Crippen LogP contribution in [0.2, 0.25) is 0 Å². The van der Waals surface area contributed by atoms with Crippen LogP contribution in [-0.4, -0.2) is 63.8 Å². The lowest BCUT2D eigenvalue weighted by atomic mass is 9.77. The Morgan fingerprint density at radius 2 is 1.85 bits per heavy atom. The Bertz CT molecular complexity index is 795. The van der Waals surface area contributed by atoms with E-state index in [2.05, 4.69) is 17.0 Å². The molecule has 0 bridgehead atoms. The highest BCUT2D eigenvalue weighted by molar-refractivity contribution is 7.88. The molecule has 144 valence electrons. The molecule has 0 N–H and O–H groups in total. The van der Waals surface area contributed by atoms with Gasteiger partial charge in [-0.25, -0.2) is 8.42 Å². The van der Waals surface area contributed by atoms with Gasteiger partial charge in [-0.15, -0.1) is 0 Å². The number of nitrogens with zero attached hydrogens (tertiary/aromatic N) is 2. The lowest BCUT2D eigenvalue weighted by molar-refractivity contribution is 0.0221. The molecule has 0 amide bonds. The number of ether oxygens (including phenoxy) is 2. The highest BCUT2D eigenvalue weighted by Crippen LogP contribution is 2.45. The third-order valence-electron chi connectivity index (χ3n) is 6.34. The van der Waals surface area contributed by atoms with Crippen LogP contribution in [0.5, 0.6) is 11.5 Å². The van der Waals surface area contributed by atoms with E-state index in [1.807, 2.05) is 0 Å². The van der Waals surface area contributed by atoms with Crippen LogP contribution in [0.1, 0.15) is 36.4 Å². The van der Waals surface area contributed by atoms with Gasteiger partial charge in [0.25, 0.3) is 0 Å². The smallest absolute Gasteiger partial charge is 0.211 e. The topological polar surface area (TPSA) is 59.1 Å². The Morgan fingerprint density at radius 3 is 2.54 bits per heavy atom. The quantitative estimate of drug-likeness (QED) is 0.803. The molecule has 4 rings (SSSR count). The van der Waals surface area contributed by atoms with Gasteiger partial charge in [0.2, 0.25) is 10.0 Å². The fourth-order valence-electron chi connectivity index (χ4n) is 5.14. The summed E-state index contributed by atoms with van der Waals surface area (Å²) in [7, 11) is 0.159. The highest BCUT2D eigenvalue weighted by Gasteiger charge is 2.45. The van der Waals surface area contributed by atoms with Crippen molar-refractivity contribution in [2.75, 3.05) is 40.1 Å². The van der Waals surface area contributed by atoms with Gasteiger partial charge in [-0.05, 0) is 54.9 Å². The number of benzene rings is 1. The second-order valence-corrected chi connectivity index (χ2v) is 9.68. The molecular formula is C19H28N2O4S. The molecule has 0 radical (unpaired) electrons. The van der Waals surface area contributed by atoms with Crippen LogP contribution in [0.15, 0.2) is 12.1 Å². The number of fused-ring (bicyclic) bond motifs is 4. The van der Waals surface area contributed by atoms with E-state index in [0.717, 1.165) is 50.3 Å². The minimum absolute atomic E-state index is 0.110. The first-order valence-corrected chi connectivity index (χ1v) is 11.2. The molecule has 3 heterocycles. The third kappa shape index (κ3) is 3.00. The average molecular weight is 381 g/mol. The van der Waals surface area contributed by atoms with E-state index < -0.39 is 10.0 Å². The largest absolute Gasteiger partial charge is 0.493 e. The summed E-state index contributed by atoms with van der Waals surface area (Å²) in [6, 6.07) is 4.55. The first kappa shape index (κ1) is 18.1. The summed E-state index contributed by atoms with van der Waals surface area (Å²) < 4.78 is 37.3. The fraction of sp³-hybridized carbons (Fsp3) is 0.684. The lowest BCUT2D eigenvalue weighted by Crippen LogP contribution is -2.57. The third-order valence-corrected chi connectivity index (χ3v) is 7.65. The molecule has 0 aliphatic carbocycles. The Kier molecular flexibility index (Phi) is 4.65. The van der Waals surface area contributed by atoms with Gasteiger partial charge in [0.15, 0.2) is 11.5 Å². The lowest BCUT2D eigenvalue weighted by Gasteiger charge is -2.51. The molecule has 3 aliphatic rings. The summed E-state index contributed by atoms with van der Waals surface area (Å²) in [4.78, 5) is 2.54. The minimum atomic E-state index is -3.16. The number of rotatable bonds is 3. The van der Waals surface area contributed by atoms with Gasteiger partial charge in [0, 0.05) is 31.7 Å². The van der Waals surface area contributed by atoms with Gasteiger partial charge in [-0.2, -0.15) is 4.31 Å². The van der Waals surface area contributed by atoms with Gasteiger partial charge >= 0.3 is 0 Å². The summed E-state index contributed by atoms with van der Waals surface area (Å²) in [5.41, 5.74) is 2.57. The molecule has 0 spiro atoms. The summed E-state index contributed by atoms with van der Waals surface area (Å²) in [6.07, 6.45) is 5.30. The predicted octanol–water partition coefficient (Wildman–Crippen LogP) is 2.05. The van der Waals surface area contributed by atoms with Crippen molar-refractivity contribution in [1.82, 2.24) is 9.21 Å². The zero-order valence-electron chi connectivity index (χ0n) is 15.8. The molecule has 3 atom stereocenters. The monoisotopic (exact) mass is 380 g/mol. The van der Waals surface area contributed by atoms with Crippen molar-refractivity contribution in [3.05, 3.63) is 23.3 Å². The average Bonchev–Trinajstić information content (AvgIpc) is 2.63. The van der Waals surface area contributed by atoms with Crippen LogP contribution in [0, 0.1) is 5.92 Å². The SMILES string of the molecule is COc1cc2c(cc1OC)[C@H]1C[C@H]3[C@H](CCCN3S(C)(=O)=O)CN1CC2. The van der Waals surface area contributed by atoms with Crippen molar-refractivity contribution in [2.45, 2.75) is 37.8 Å². The number of sulfonamides is 1.